The maximum atomic E-state index is 12.9. The van der Waals surface area contributed by atoms with E-state index in [0.29, 0.717) is 49.6 Å². The molecule has 0 saturated heterocycles. The molecule has 4 aromatic rings. The molecule has 0 atom stereocenters. The van der Waals surface area contributed by atoms with Gasteiger partial charge in [-0.15, -0.1) is 5.10 Å². The molecule has 0 saturated carbocycles. The van der Waals surface area contributed by atoms with Gasteiger partial charge in [-0.05, 0) is 24.3 Å². The van der Waals surface area contributed by atoms with Crippen LogP contribution in [0.25, 0.3) is 22.4 Å². The number of thiazole rings is 1. The van der Waals surface area contributed by atoms with Gasteiger partial charge < -0.3 is 23.7 Å². The van der Waals surface area contributed by atoms with Crippen molar-refractivity contribution < 1.29 is 23.7 Å². The minimum atomic E-state index is -0.261. The van der Waals surface area contributed by atoms with Gasteiger partial charge in [0.25, 0.3) is 5.56 Å². The van der Waals surface area contributed by atoms with Crippen LogP contribution in [0.2, 0.25) is 0 Å². The second-order valence-corrected chi connectivity index (χ2v) is 7.55. The third-order valence-electron chi connectivity index (χ3n) is 4.82. The van der Waals surface area contributed by atoms with E-state index in [4.69, 9.17) is 23.7 Å². The summed E-state index contributed by atoms with van der Waals surface area (Å²) in [6.07, 6.45) is 1.76. The van der Waals surface area contributed by atoms with Gasteiger partial charge in [-0.1, -0.05) is 23.5 Å². The molecule has 1 aliphatic rings. The van der Waals surface area contributed by atoms with Gasteiger partial charge in [-0.2, -0.15) is 9.50 Å². The molecule has 0 spiro atoms. The molecule has 0 N–H and O–H groups in total. The Balaban J connectivity index is 1.60. The Morgan fingerprint density at radius 1 is 1.10 bits per heavy atom. The van der Waals surface area contributed by atoms with Crippen molar-refractivity contribution in [1.82, 2.24) is 14.6 Å². The smallest absolute Gasteiger partial charge is 0.291 e. The largest absolute Gasteiger partial charge is 0.493 e. The predicted molar refractivity (Wildman–Crippen MR) is 114 cm³/mol. The van der Waals surface area contributed by atoms with Crippen LogP contribution in [0.5, 0.6) is 28.7 Å². The highest BCUT2D eigenvalue weighted by molar-refractivity contribution is 7.15. The lowest BCUT2D eigenvalue weighted by Gasteiger charge is -2.12. The summed E-state index contributed by atoms with van der Waals surface area (Å²) in [5, 5.41) is 4.40. The van der Waals surface area contributed by atoms with Crippen molar-refractivity contribution in [2.75, 3.05) is 28.1 Å². The van der Waals surface area contributed by atoms with E-state index in [1.54, 1.807) is 18.2 Å². The Kier molecular flexibility index (Phi) is 4.63. The molecule has 9 nitrogen and oxygen atoms in total. The molecule has 2 aromatic heterocycles. The van der Waals surface area contributed by atoms with Gasteiger partial charge in [0.1, 0.15) is 0 Å². The maximum absolute atomic E-state index is 12.9. The molecule has 0 radical (unpaired) electrons. The van der Waals surface area contributed by atoms with Crippen LogP contribution in [0.4, 0.5) is 0 Å². The number of aromatic nitrogens is 3. The maximum Gasteiger partial charge on any atom is 0.291 e. The third kappa shape index (κ3) is 3.12. The Labute approximate surface area is 180 Å². The summed E-state index contributed by atoms with van der Waals surface area (Å²) in [5.41, 5.74) is 1.14. The topological polar surface area (TPSA) is 93.4 Å². The average molecular weight is 439 g/mol. The molecule has 1 aliphatic heterocycles. The highest BCUT2D eigenvalue weighted by atomic mass is 32.1. The number of hydrogen-bond donors (Lipinski definition) is 0. The van der Waals surface area contributed by atoms with Crippen molar-refractivity contribution in [3.8, 4) is 40.1 Å². The lowest BCUT2D eigenvalue weighted by molar-refractivity contribution is 0.174. The zero-order valence-electron chi connectivity index (χ0n) is 16.9. The second kappa shape index (κ2) is 7.47. The molecule has 31 heavy (non-hydrogen) atoms. The van der Waals surface area contributed by atoms with Crippen molar-refractivity contribution in [1.29, 1.82) is 0 Å². The van der Waals surface area contributed by atoms with Crippen LogP contribution in [0.1, 0.15) is 5.56 Å². The molecule has 0 aliphatic carbocycles. The summed E-state index contributed by atoms with van der Waals surface area (Å²) < 4.78 is 28.8. The summed E-state index contributed by atoms with van der Waals surface area (Å²) in [6.45, 7) is 0.165. The highest BCUT2D eigenvalue weighted by Crippen LogP contribution is 2.40. The van der Waals surface area contributed by atoms with Gasteiger partial charge >= 0.3 is 0 Å². The molecular weight excluding hydrogens is 422 g/mol. The van der Waals surface area contributed by atoms with Crippen LogP contribution in [-0.2, 0) is 0 Å². The Morgan fingerprint density at radius 3 is 2.55 bits per heavy atom. The fraction of sp³-hybridized carbons (Fsp3) is 0.190. The summed E-state index contributed by atoms with van der Waals surface area (Å²) in [6, 6.07) is 9.02. The minimum absolute atomic E-state index is 0.165. The first kappa shape index (κ1) is 19.2. The van der Waals surface area contributed by atoms with Crippen molar-refractivity contribution >= 4 is 22.4 Å². The van der Waals surface area contributed by atoms with Crippen molar-refractivity contribution in [3.63, 3.8) is 0 Å². The van der Waals surface area contributed by atoms with E-state index in [-0.39, 0.29) is 12.4 Å². The summed E-state index contributed by atoms with van der Waals surface area (Å²) in [7, 11) is 4.60. The first-order chi connectivity index (χ1) is 15.1. The number of para-hydroxylation sites is 1. The molecule has 10 heteroatoms. The van der Waals surface area contributed by atoms with Crippen LogP contribution in [0.3, 0.4) is 0 Å². The molecule has 0 fully saturated rings. The first-order valence-corrected chi connectivity index (χ1v) is 10.0. The van der Waals surface area contributed by atoms with Crippen LogP contribution in [-0.4, -0.2) is 42.7 Å². The van der Waals surface area contributed by atoms with Gasteiger partial charge in [0, 0.05) is 11.1 Å². The van der Waals surface area contributed by atoms with Crippen LogP contribution < -0.4 is 33.8 Å². The number of ether oxygens (including phenoxy) is 5. The molecule has 0 bridgehead atoms. The van der Waals surface area contributed by atoms with E-state index in [1.807, 2.05) is 18.2 Å². The zero-order chi connectivity index (χ0) is 21.5. The lowest BCUT2D eigenvalue weighted by Crippen LogP contribution is -2.23. The van der Waals surface area contributed by atoms with Crippen molar-refractivity contribution in [3.05, 3.63) is 50.8 Å². The van der Waals surface area contributed by atoms with E-state index < -0.39 is 0 Å². The van der Waals surface area contributed by atoms with E-state index in [2.05, 4.69) is 10.1 Å². The number of benzene rings is 2. The molecular formula is C21H17N3O6S. The van der Waals surface area contributed by atoms with Gasteiger partial charge in [-0.25, -0.2) is 0 Å². The molecule has 2 aromatic carbocycles. The Hall–Kier alpha value is -3.79. The quantitative estimate of drug-likeness (QED) is 0.467. The molecule has 0 amide bonds. The fourth-order valence-electron chi connectivity index (χ4n) is 3.37. The Morgan fingerprint density at radius 2 is 1.87 bits per heavy atom. The predicted octanol–water partition coefficient (Wildman–Crippen LogP) is 2.12. The molecule has 158 valence electrons. The minimum Gasteiger partial charge on any atom is -0.493 e. The SMILES string of the molecule is COc1cc(-c2nc3s/c(=C\c4cccc5c4OCO5)c(=O)n3n2)cc(OC)c1OC. The standard InChI is InChI=1S/C21H17N3O6S/c1-26-14-7-12(8-15(27-2)18(14)28-3)19-22-21-24(23-19)20(25)16(31-21)9-11-5-4-6-13-17(11)30-10-29-13/h4-9H,10H2,1-3H3/b16-9-. The normalized spacial score (nSPS) is 13.1. The van der Waals surface area contributed by atoms with Crippen molar-refractivity contribution in [2.45, 2.75) is 0 Å². The summed E-state index contributed by atoms with van der Waals surface area (Å²) in [5.74, 6) is 3.09. The number of methoxy groups -OCH3 is 3. The number of fused-ring (bicyclic) bond motifs is 2. The fourth-order valence-corrected chi connectivity index (χ4v) is 4.27. The number of rotatable bonds is 5. The second-order valence-electron chi connectivity index (χ2n) is 6.54. The number of nitrogens with zero attached hydrogens (tertiary/aromatic N) is 3. The monoisotopic (exact) mass is 439 g/mol. The third-order valence-corrected chi connectivity index (χ3v) is 5.78. The lowest BCUT2D eigenvalue weighted by atomic mass is 10.1. The summed E-state index contributed by atoms with van der Waals surface area (Å²) >= 11 is 1.24. The molecule has 3 heterocycles. The van der Waals surface area contributed by atoms with Crippen LogP contribution in [0.15, 0.2) is 35.1 Å². The van der Waals surface area contributed by atoms with Crippen LogP contribution >= 0.6 is 11.3 Å². The first-order valence-electron chi connectivity index (χ1n) is 9.23. The van der Waals surface area contributed by atoms with E-state index >= 15 is 0 Å². The van der Waals surface area contributed by atoms with E-state index in [1.165, 1.54) is 37.2 Å². The molecule has 0 unspecified atom stereocenters. The number of hydrogen-bond acceptors (Lipinski definition) is 9. The van der Waals surface area contributed by atoms with Gasteiger partial charge in [-0.3, -0.25) is 4.79 Å². The zero-order valence-corrected chi connectivity index (χ0v) is 17.7. The highest BCUT2D eigenvalue weighted by Gasteiger charge is 2.19. The van der Waals surface area contributed by atoms with E-state index in [9.17, 15) is 4.79 Å². The van der Waals surface area contributed by atoms with Gasteiger partial charge in [0.2, 0.25) is 17.5 Å². The molecule has 5 rings (SSSR count). The summed E-state index contributed by atoms with van der Waals surface area (Å²) in [4.78, 5) is 17.9. The Bertz CT molecular complexity index is 1390. The van der Waals surface area contributed by atoms with E-state index in [0.717, 1.165) is 5.56 Å². The average Bonchev–Trinajstić information content (AvgIpc) is 3.50. The van der Waals surface area contributed by atoms with Crippen molar-refractivity contribution in [2.24, 2.45) is 0 Å². The van der Waals surface area contributed by atoms with Crippen LogP contribution in [0, 0.1) is 0 Å². The van der Waals surface area contributed by atoms with Gasteiger partial charge in [0.15, 0.2) is 28.8 Å². The van der Waals surface area contributed by atoms with Gasteiger partial charge in [0.05, 0.1) is 25.9 Å².